The van der Waals surface area contributed by atoms with Gasteiger partial charge in [0.2, 0.25) is 5.91 Å². The fourth-order valence-corrected chi connectivity index (χ4v) is 3.71. The van der Waals surface area contributed by atoms with Crippen molar-refractivity contribution in [2.45, 2.75) is 6.42 Å². The van der Waals surface area contributed by atoms with Gasteiger partial charge in [-0.25, -0.2) is 0 Å². The molecule has 130 valence electrons. The number of amides is 1. The molecule has 0 bridgehead atoms. The van der Waals surface area contributed by atoms with E-state index in [-0.39, 0.29) is 5.91 Å². The molecule has 0 fully saturated rings. The van der Waals surface area contributed by atoms with Gasteiger partial charge in [-0.3, -0.25) is 9.79 Å². The second-order valence-corrected chi connectivity index (χ2v) is 7.19. The molecule has 0 atom stereocenters. The minimum absolute atomic E-state index is 0.0398. The molecular formula is C19H20ClN3OS. The topological polar surface area (TPSA) is 44.7 Å². The summed E-state index contributed by atoms with van der Waals surface area (Å²) in [7, 11) is 1.81. The van der Waals surface area contributed by atoms with Crippen LogP contribution in [0.4, 0.5) is 5.69 Å². The van der Waals surface area contributed by atoms with Crippen molar-refractivity contribution < 1.29 is 4.79 Å². The highest BCUT2D eigenvalue weighted by Gasteiger charge is 2.17. The van der Waals surface area contributed by atoms with Gasteiger partial charge in [-0.05, 0) is 35.7 Å². The van der Waals surface area contributed by atoms with E-state index in [9.17, 15) is 4.79 Å². The third-order valence-corrected chi connectivity index (χ3v) is 5.16. The van der Waals surface area contributed by atoms with Crippen molar-refractivity contribution in [3.63, 3.8) is 0 Å². The van der Waals surface area contributed by atoms with E-state index in [1.807, 2.05) is 43.4 Å². The molecule has 25 heavy (non-hydrogen) atoms. The van der Waals surface area contributed by atoms with E-state index in [1.54, 1.807) is 4.90 Å². The van der Waals surface area contributed by atoms with E-state index in [0.29, 0.717) is 10.8 Å². The number of amidine groups is 1. The second kappa shape index (κ2) is 8.41. The van der Waals surface area contributed by atoms with Crippen LogP contribution in [0.15, 0.2) is 53.5 Å². The number of carbonyl (C=O) groups is 1. The molecule has 3 rings (SSSR count). The van der Waals surface area contributed by atoms with Gasteiger partial charge in [0.1, 0.15) is 0 Å². The molecule has 0 aromatic heterocycles. The number of halogens is 1. The lowest BCUT2D eigenvalue weighted by Gasteiger charge is -2.21. The fraction of sp³-hybridized carbons (Fsp3) is 0.263. The van der Waals surface area contributed by atoms with Crippen molar-refractivity contribution in [2.24, 2.45) is 4.99 Å². The number of benzene rings is 2. The van der Waals surface area contributed by atoms with Crippen LogP contribution < -0.4 is 10.2 Å². The Bertz CT molecular complexity index is 779. The van der Waals surface area contributed by atoms with Crippen LogP contribution in [0.25, 0.3) is 0 Å². The molecule has 0 unspecified atom stereocenters. The first-order valence-corrected chi connectivity index (χ1v) is 9.50. The van der Waals surface area contributed by atoms with E-state index in [4.69, 9.17) is 11.6 Å². The molecule has 0 spiro atoms. The van der Waals surface area contributed by atoms with Gasteiger partial charge in [-0.15, -0.1) is 0 Å². The van der Waals surface area contributed by atoms with Crippen LogP contribution in [0.2, 0.25) is 5.02 Å². The number of rotatable bonds is 5. The summed E-state index contributed by atoms with van der Waals surface area (Å²) in [6.07, 6.45) is 0.732. The van der Waals surface area contributed by atoms with Gasteiger partial charge in [0.25, 0.3) is 0 Å². The Morgan fingerprint density at radius 2 is 2.08 bits per heavy atom. The highest BCUT2D eigenvalue weighted by Crippen LogP contribution is 2.26. The molecule has 4 nitrogen and oxygen atoms in total. The second-order valence-electron chi connectivity index (χ2n) is 5.79. The molecular weight excluding hydrogens is 354 g/mol. The van der Waals surface area contributed by atoms with Gasteiger partial charge in [0.05, 0.1) is 12.3 Å². The third kappa shape index (κ3) is 4.77. The highest BCUT2D eigenvalue weighted by atomic mass is 35.5. The van der Waals surface area contributed by atoms with Crippen molar-refractivity contribution in [3.8, 4) is 0 Å². The van der Waals surface area contributed by atoms with Crippen molar-refractivity contribution >= 4 is 40.1 Å². The van der Waals surface area contributed by atoms with Crippen molar-refractivity contribution in [2.75, 3.05) is 30.8 Å². The molecule has 1 amide bonds. The van der Waals surface area contributed by atoms with Gasteiger partial charge in [-0.2, -0.15) is 0 Å². The Kier molecular flexibility index (Phi) is 6.00. The first kappa shape index (κ1) is 17.8. The predicted octanol–water partition coefficient (Wildman–Crippen LogP) is 3.59. The van der Waals surface area contributed by atoms with Crippen molar-refractivity contribution in [1.82, 2.24) is 5.32 Å². The molecule has 0 saturated heterocycles. The Morgan fingerprint density at radius 1 is 1.28 bits per heavy atom. The van der Waals surface area contributed by atoms with E-state index in [1.165, 1.54) is 17.3 Å². The third-order valence-electron chi connectivity index (χ3n) is 3.99. The normalized spacial score (nSPS) is 13.3. The molecule has 1 aliphatic heterocycles. The molecule has 1 heterocycles. The number of hydrogen-bond acceptors (Lipinski definition) is 4. The van der Waals surface area contributed by atoms with Gasteiger partial charge in [-0.1, -0.05) is 53.7 Å². The molecule has 6 heteroatoms. The van der Waals surface area contributed by atoms with Crippen LogP contribution in [0.3, 0.4) is 0 Å². The number of nitrogens with zero attached hydrogens (tertiary/aromatic N) is 2. The number of carbonyl (C=O) groups excluding carboxylic acids is 1. The molecule has 1 aliphatic rings. The molecule has 0 aliphatic carbocycles. The minimum atomic E-state index is 0.0398. The maximum absolute atomic E-state index is 12.6. The molecule has 0 saturated carbocycles. The Labute approximate surface area is 157 Å². The summed E-state index contributed by atoms with van der Waals surface area (Å²) in [6.45, 7) is 1.63. The summed E-state index contributed by atoms with van der Waals surface area (Å²) in [5, 5.41) is 4.69. The van der Waals surface area contributed by atoms with Crippen LogP contribution in [0.5, 0.6) is 0 Å². The number of nitrogens with one attached hydrogen (secondary N) is 1. The zero-order chi connectivity index (χ0) is 17.6. The van der Waals surface area contributed by atoms with E-state index in [0.717, 1.165) is 35.9 Å². The summed E-state index contributed by atoms with van der Waals surface area (Å²) in [5.74, 6) is 0.397. The molecule has 2 aromatic rings. The zero-order valence-corrected chi connectivity index (χ0v) is 15.6. The van der Waals surface area contributed by atoms with Crippen LogP contribution in [-0.4, -0.2) is 37.0 Å². The summed E-state index contributed by atoms with van der Waals surface area (Å²) in [5.41, 5.74) is 3.11. The SMILES string of the molecule is CN(C(=O)CSC1=NCCN1)c1ccc(Cl)cc1Cc1ccccc1. The Hall–Kier alpha value is -1.98. The number of thioether (sulfide) groups is 1. The smallest absolute Gasteiger partial charge is 0.237 e. The predicted molar refractivity (Wildman–Crippen MR) is 107 cm³/mol. The molecule has 0 radical (unpaired) electrons. The lowest BCUT2D eigenvalue weighted by Crippen LogP contribution is -2.30. The van der Waals surface area contributed by atoms with Crippen molar-refractivity contribution in [3.05, 3.63) is 64.7 Å². The summed E-state index contributed by atoms with van der Waals surface area (Å²) in [6, 6.07) is 15.8. The zero-order valence-electron chi connectivity index (χ0n) is 14.0. The van der Waals surface area contributed by atoms with Gasteiger partial charge >= 0.3 is 0 Å². The first-order chi connectivity index (χ1) is 12.1. The van der Waals surface area contributed by atoms with E-state index < -0.39 is 0 Å². The van der Waals surface area contributed by atoms with E-state index in [2.05, 4.69) is 22.4 Å². The Balaban J connectivity index is 1.74. The summed E-state index contributed by atoms with van der Waals surface area (Å²) < 4.78 is 0. The lowest BCUT2D eigenvalue weighted by atomic mass is 10.0. The first-order valence-electron chi connectivity index (χ1n) is 8.13. The maximum Gasteiger partial charge on any atom is 0.237 e. The number of anilines is 1. The minimum Gasteiger partial charge on any atom is -0.363 e. The van der Waals surface area contributed by atoms with Crippen LogP contribution in [0, 0.1) is 0 Å². The summed E-state index contributed by atoms with van der Waals surface area (Å²) >= 11 is 7.63. The van der Waals surface area contributed by atoms with Crippen molar-refractivity contribution in [1.29, 1.82) is 0 Å². The average Bonchev–Trinajstić information content (AvgIpc) is 3.14. The number of aliphatic imine (C=N–C) groups is 1. The Morgan fingerprint density at radius 3 is 2.80 bits per heavy atom. The fourth-order valence-electron chi connectivity index (χ4n) is 2.67. The van der Waals surface area contributed by atoms with Gasteiger partial charge in [0, 0.05) is 24.3 Å². The van der Waals surface area contributed by atoms with Gasteiger partial charge in [0.15, 0.2) is 5.17 Å². The van der Waals surface area contributed by atoms with Crippen LogP contribution in [0.1, 0.15) is 11.1 Å². The van der Waals surface area contributed by atoms with Gasteiger partial charge < -0.3 is 10.2 Å². The molecule has 1 N–H and O–H groups in total. The number of hydrogen-bond donors (Lipinski definition) is 1. The summed E-state index contributed by atoms with van der Waals surface area (Å²) in [4.78, 5) is 18.6. The van der Waals surface area contributed by atoms with E-state index >= 15 is 0 Å². The average molecular weight is 374 g/mol. The van der Waals surface area contributed by atoms with Crippen LogP contribution >= 0.6 is 23.4 Å². The van der Waals surface area contributed by atoms with Crippen LogP contribution in [-0.2, 0) is 11.2 Å². The molecule has 2 aromatic carbocycles. The maximum atomic E-state index is 12.6. The standard InChI is InChI=1S/C19H20ClN3OS/c1-23(18(24)13-25-19-21-9-10-22-19)17-8-7-16(20)12-15(17)11-14-5-3-2-4-6-14/h2-8,12H,9-11,13H2,1H3,(H,21,22). The quantitative estimate of drug-likeness (QED) is 0.871. The lowest BCUT2D eigenvalue weighted by molar-refractivity contribution is -0.115. The highest BCUT2D eigenvalue weighted by molar-refractivity contribution is 8.14. The monoisotopic (exact) mass is 373 g/mol. The largest absolute Gasteiger partial charge is 0.363 e.